The summed E-state index contributed by atoms with van der Waals surface area (Å²) < 4.78 is 5.18. The van der Waals surface area contributed by atoms with Gasteiger partial charge in [0, 0.05) is 17.4 Å². The highest BCUT2D eigenvalue weighted by Crippen LogP contribution is 2.23. The van der Waals surface area contributed by atoms with Crippen molar-refractivity contribution in [1.29, 1.82) is 0 Å². The number of carbonyl (C=O) groups excluding carboxylic acids is 1. The number of alkyl halides is 1. The Morgan fingerprint density at radius 1 is 1.47 bits per heavy atom. The Hall–Kier alpha value is -0.780. The summed E-state index contributed by atoms with van der Waals surface area (Å²) in [6.45, 7) is 1.51. The molecule has 1 aromatic carbocycles. The number of halogens is 2. The van der Waals surface area contributed by atoms with E-state index in [-0.39, 0.29) is 16.7 Å². The molecule has 0 fully saturated rings. The number of amides is 1. The largest absolute Gasteiger partial charge is 0.506 e. The summed E-state index contributed by atoms with van der Waals surface area (Å²) in [5.74, 6) is -0.279. The summed E-state index contributed by atoms with van der Waals surface area (Å²) in [5.41, 5.74) is 0.410. The van der Waals surface area contributed by atoms with E-state index in [2.05, 4.69) is 21.2 Å². The first kappa shape index (κ1) is 14.3. The van der Waals surface area contributed by atoms with Crippen LogP contribution in [0.4, 0.5) is 0 Å². The van der Waals surface area contributed by atoms with E-state index < -0.39 is 0 Å². The lowest BCUT2D eigenvalue weighted by atomic mass is 10.2. The predicted molar refractivity (Wildman–Crippen MR) is 70.1 cm³/mol. The molecule has 4 nitrogen and oxygen atoms in total. The molecule has 0 aliphatic rings. The van der Waals surface area contributed by atoms with Gasteiger partial charge in [0.2, 0.25) is 0 Å². The molecule has 94 valence electrons. The minimum atomic E-state index is -0.241. The van der Waals surface area contributed by atoms with Gasteiger partial charge in [-0.3, -0.25) is 4.79 Å². The summed E-state index contributed by atoms with van der Waals surface area (Å²) in [6, 6.07) is 4.32. The molecule has 1 rings (SSSR count). The van der Waals surface area contributed by atoms with Gasteiger partial charge in [-0.2, -0.15) is 0 Å². The molecule has 0 aromatic heterocycles. The van der Waals surface area contributed by atoms with Crippen molar-refractivity contribution in [2.45, 2.75) is 0 Å². The second kappa shape index (κ2) is 7.53. The fourth-order valence-electron chi connectivity index (χ4n) is 1.14. The van der Waals surface area contributed by atoms with Crippen molar-refractivity contribution in [2.24, 2.45) is 0 Å². The molecule has 0 aliphatic carbocycles. The molecular weight excluding hydrogens is 309 g/mol. The number of carbonyl (C=O) groups is 1. The number of phenols is 1. The molecular formula is C11H13BrClNO3. The van der Waals surface area contributed by atoms with Crippen LogP contribution >= 0.6 is 27.5 Å². The zero-order valence-electron chi connectivity index (χ0n) is 9.08. The molecule has 0 aliphatic heterocycles. The van der Waals surface area contributed by atoms with Crippen molar-refractivity contribution in [2.75, 3.05) is 25.1 Å². The third-order valence-corrected chi connectivity index (χ3v) is 2.59. The fourth-order valence-corrected chi connectivity index (χ4v) is 1.55. The molecule has 1 amide bonds. The molecule has 0 heterocycles. The number of hydrogen-bond donors (Lipinski definition) is 2. The van der Waals surface area contributed by atoms with E-state index in [9.17, 15) is 9.90 Å². The van der Waals surface area contributed by atoms with Gasteiger partial charge in [-0.25, -0.2) is 0 Å². The van der Waals surface area contributed by atoms with Gasteiger partial charge in [0.1, 0.15) is 5.75 Å². The molecule has 0 unspecified atom stereocenters. The lowest BCUT2D eigenvalue weighted by molar-refractivity contribution is 0.0924. The molecule has 0 spiro atoms. The Morgan fingerprint density at radius 3 is 2.88 bits per heavy atom. The Bertz CT molecular complexity index is 387. The van der Waals surface area contributed by atoms with Crippen molar-refractivity contribution in [3.05, 3.63) is 28.8 Å². The molecule has 0 atom stereocenters. The maximum atomic E-state index is 11.6. The monoisotopic (exact) mass is 321 g/mol. The smallest absolute Gasteiger partial charge is 0.251 e. The SMILES string of the molecule is O=C(NCCOCCBr)c1ccc(O)c(Cl)c1. The van der Waals surface area contributed by atoms with Crippen LogP contribution in [0.1, 0.15) is 10.4 Å². The average Bonchev–Trinajstić information content (AvgIpc) is 2.32. The highest BCUT2D eigenvalue weighted by atomic mass is 79.9. The Morgan fingerprint density at radius 2 is 2.24 bits per heavy atom. The van der Waals surface area contributed by atoms with E-state index in [1.807, 2.05) is 0 Å². The Labute approximate surface area is 113 Å². The van der Waals surface area contributed by atoms with Crippen LogP contribution in [0.3, 0.4) is 0 Å². The van der Waals surface area contributed by atoms with Crippen LogP contribution in [0.5, 0.6) is 5.75 Å². The van der Waals surface area contributed by atoms with Crippen molar-refractivity contribution >= 4 is 33.4 Å². The molecule has 0 saturated heterocycles. The summed E-state index contributed by atoms with van der Waals surface area (Å²) in [4.78, 5) is 11.6. The van der Waals surface area contributed by atoms with Crippen molar-refractivity contribution in [1.82, 2.24) is 5.32 Å². The molecule has 0 radical (unpaired) electrons. The zero-order chi connectivity index (χ0) is 12.7. The third kappa shape index (κ3) is 4.93. The molecule has 1 aromatic rings. The number of nitrogens with one attached hydrogen (secondary N) is 1. The predicted octanol–water partition coefficient (Wildman–Crippen LogP) is 2.19. The molecule has 0 bridgehead atoms. The van der Waals surface area contributed by atoms with Crippen LogP contribution < -0.4 is 5.32 Å². The number of aromatic hydroxyl groups is 1. The Balaban J connectivity index is 2.39. The lowest BCUT2D eigenvalue weighted by Crippen LogP contribution is -2.27. The third-order valence-electron chi connectivity index (χ3n) is 1.96. The van der Waals surface area contributed by atoms with Gasteiger partial charge in [-0.05, 0) is 18.2 Å². The average molecular weight is 323 g/mol. The second-order valence-electron chi connectivity index (χ2n) is 3.22. The first-order chi connectivity index (χ1) is 8.15. The van der Waals surface area contributed by atoms with Crippen LogP contribution in [0.15, 0.2) is 18.2 Å². The zero-order valence-corrected chi connectivity index (χ0v) is 11.4. The van der Waals surface area contributed by atoms with Crippen LogP contribution in [-0.2, 0) is 4.74 Å². The van der Waals surface area contributed by atoms with Crippen LogP contribution in [0.2, 0.25) is 5.02 Å². The van der Waals surface area contributed by atoms with Gasteiger partial charge in [0.15, 0.2) is 0 Å². The van der Waals surface area contributed by atoms with E-state index in [0.717, 1.165) is 5.33 Å². The normalized spacial score (nSPS) is 10.2. The fraction of sp³-hybridized carbons (Fsp3) is 0.364. The van der Waals surface area contributed by atoms with Gasteiger partial charge in [-0.1, -0.05) is 27.5 Å². The minimum absolute atomic E-state index is 0.0381. The van der Waals surface area contributed by atoms with Gasteiger partial charge in [0.05, 0.1) is 18.2 Å². The van der Waals surface area contributed by atoms with E-state index in [1.165, 1.54) is 18.2 Å². The molecule has 0 saturated carbocycles. The first-order valence-electron chi connectivity index (χ1n) is 5.05. The highest BCUT2D eigenvalue weighted by molar-refractivity contribution is 9.09. The maximum absolute atomic E-state index is 11.6. The van der Waals surface area contributed by atoms with Crippen LogP contribution in [0, 0.1) is 0 Å². The second-order valence-corrected chi connectivity index (χ2v) is 4.42. The van der Waals surface area contributed by atoms with Gasteiger partial charge in [0.25, 0.3) is 5.91 Å². The van der Waals surface area contributed by atoms with E-state index in [0.29, 0.717) is 25.3 Å². The van der Waals surface area contributed by atoms with E-state index in [4.69, 9.17) is 16.3 Å². The standard InChI is InChI=1S/C11H13BrClNO3/c12-3-5-17-6-4-14-11(16)8-1-2-10(15)9(13)7-8/h1-2,7,15H,3-6H2,(H,14,16). The number of phenolic OH excluding ortho intramolecular Hbond substituents is 1. The number of ether oxygens (including phenoxy) is 1. The van der Waals surface area contributed by atoms with Crippen LogP contribution in [0.25, 0.3) is 0 Å². The van der Waals surface area contributed by atoms with Crippen molar-refractivity contribution < 1.29 is 14.6 Å². The summed E-state index contributed by atoms with van der Waals surface area (Å²) in [7, 11) is 0. The quantitative estimate of drug-likeness (QED) is 0.623. The summed E-state index contributed by atoms with van der Waals surface area (Å²) >= 11 is 8.93. The number of rotatable bonds is 6. The minimum Gasteiger partial charge on any atom is -0.506 e. The Kier molecular flexibility index (Phi) is 6.32. The van der Waals surface area contributed by atoms with Crippen molar-refractivity contribution in [3.8, 4) is 5.75 Å². The van der Waals surface area contributed by atoms with E-state index >= 15 is 0 Å². The highest BCUT2D eigenvalue weighted by Gasteiger charge is 2.07. The van der Waals surface area contributed by atoms with E-state index in [1.54, 1.807) is 0 Å². The number of hydrogen-bond acceptors (Lipinski definition) is 3. The van der Waals surface area contributed by atoms with Crippen molar-refractivity contribution in [3.63, 3.8) is 0 Å². The van der Waals surface area contributed by atoms with Crippen LogP contribution in [-0.4, -0.2) is 36.1 Å². The summed E-state index contributed by atoms with van der Waals surface area (Å²) in [5, 5.41) is 12.8. The van der Waals surface area contributed by atoms with Gasteiger partial charge < -0.3 is 15.2 Å². The van der Waals surface area contributed by atoms with Gasteiger partial charge in [-0.15, -0.1) is 0 Å². The topological polar surface area (TPSA) is 58.6 Å². The molecule has 17 heavy (non-hydrogen) atoms. The molecule has 2 N–H and O–H groups in total. The van der Waals surface area contributed by atoms with Gasteiger partial charge >= 0.3 is 0 Å². The molecule has 6 heteroatoms. The number of benzene rings is 1. The lowest BCUT2D eigenvalue weighted by Gasteiger charge is -2.06. The summed E-state index contributed by atoms with van der Waals surface area (Å²) in [6.07, 6.45) is 0. The maximum Gasteiger partial charge on any atom is 0.251 e. The first-order valence-corrected chi connectivity index (χ1v) is 6.55.